The summed E-state index contributed by atoms with van der Waals surface area (Å²) in [6.45, 7) is 5.26. The lowest BCUT2D eigenvalue weighted by Crippen LogP contribution is -2.27. The number of hydrogen-bond donors (Lipinski definition) is 1. The zero-order valence-corrected chi connectivity index (χ0v) is 11.5. The van der Waals surface area contributed by atoms with E-state index < -0.39 is 11.7 Å². The van der Waals surface area contributed by atoms with Gasteiger partial charge in [0.25, 0.3) is 0 Å². The molecule has 0 saturated carbocycles. The molecular formula is C15H17F3N2O. The Balaban J connectivity index is 1.90. The van der Waals surface area contributed by atoms with Crippen LogP contribution in [0.4, 0.5) is 18.9 Å². The van der Waals surface area contributed by atoms with Gasteiger partial charge < -0.3 is 10.2 Å². The zero-order valence-electron chi connectivity index (χ0n) is 11.5. The second-order valence-corrected chi connectivity index (χ2v) is 5.10. The highest BCUT2D eigenvalue weighted by Crippen LogP contribution is 2.30. The smallest absolute Gasteiger partial charge is 0.385 e. The van der Waals surface area contributed by atoms with Gasteiger partial charge in [0.15, 0.2) is 0 Å². The van der Waals surface area contributed by atoms with E-state index in [9.17, 15) is 18.0 Å². The maximum atomic E-state index is 12.6. The lowest BCUT2D eigenvalue weighted by molar-refractivity contribution is -0.137. The van der Waals surface area contributed by atoms with E-state index >= 15 is 0 Å². The monoisotopic (exact) mass is 298 g/mol. The SMILES string of the molecule is C=CC(=O)N1CCC(CNc2cccc(C(F)(F)F)c2)C1. The molecule has 1 amide bonds. The minimum atomic E-state index is -4.34. The summed E-state index contributed by atoms with van der Waals surface area (Å²) in [4.78, 5) is 13.2. The number of benzene rings is 1. The van der Waals surface area contributed by atoms with Gasteiger partial charge in [0.1, 0.15) is 0 Å². The van der Waals surface area contributed by atoms with Gasteiger partial charge in [-0.05, 0) is 36.6 Å². The number of likely N-dealkylation sites (tertiary alicyclic amines) is 1. The van der Waals surface area contributed by atoms with Gasteiger partial charge in [-0.2, -0.15) is 13.2 Å². The maximum absolute atomic E-state index is 12.6. The van der Waals surface area contributed by atoms with E-state index in [4.69, 9.17) is 0 Å². The molecule has 3 nitrogen and oxygen atoms in total. The van der Waals surface area contributed by atoms with Gasteiger partial charge in [-0.25, -0.2) is 0 Å². The lowest BCUT2D eigenvalue weighted by atomic mass is 10.1. The fraction of sp³-hybridized carbons (Fsp3) is 0.400. The predicted molar refractivity (Wildman–Crippen MR) is 74.8 cm³/mol. The number of nitrogens with one attached hydrogen (secondary N) is 1. The number of amides is 1. The summed E-state index contributed by atoms with van der Waals surface area (Å²) in [6.07, 6.45) is -2.22. The molecule has 1 heterocycles. The number of anilines is 1. The Labute approximate surface area is 121 Å². The molecule has 1 aliphatic heterocycles. The number of rotatable bonds is 4. The molecule has 0 aromatic heterocycles. The molecule has 1 N–H and O–H groups in total. The Morgan fingerprint density at radius 1 is 1.48 bits per heavy atom. The first-order valence-electron chi connectivity index (χ1n) is 6.72. The molecule has 1 aromatic rings. The van der Waals surface area contributed by atoms with E-state index in [0.29, 0.717) is 25.3 Å². The van der Waals surface area contributed by atoms with Gasteiger partial charge >= 0.3 is 6.18 Å². The third-order valence-electron chi connectivity index (χ3n) is 3.56. The summed E-state index contributed by atoms with van der Waals surface area (Å²) in [5, 5.41) is 3.01. The van der Waals surface area contributed by atoms with E-state index in [1.165, 1.54) is 12.1 Å². The second-order valence-electron chi connectivity index (χ2n) is 5.10. The Morgan fingerprint density at radius 3 is 2.90 bits per heavy atom. The number of alkyl halides is 3. The van der Waals surface area contributed by atoms with Crippen molar-refractivity contribution in [3.05, 3.63) is 42.5 Å². The molecule has 0 spiro atoms. The molecule has 1 aromatic carbocycles. The van der Waals surface area contributed by atoms with Crippen LogP contribution >= 0.6 is 0 Å². The van der Waals surface area contributed by atoms with Gasteiger partial charge in [-0.15, -0.1) is 0 Å². The standard InChI is InChI=1S/C15H17F3N2O/c1-2-14(21)20-7-6-11(10-20)9-19-13-5-3-4-12(8-13)15(16,17)18/h2-5,8,11,19H,1,6-7,9-10H2. The molecule has 1 atom stereocenters. The van der Waals surface area contributed by atoms with Crippen molar-refractivity contribution in [2.75, 3.05) is 25.0 Å². The topological polar surface area (TPSA) is 32.3 Å². The summed E-state index contributed by atoms with van der Waals surface area (Å²) >= 11 is 0. The van der Waals surface area contributed by atoms with Crippen LogP contribution in [0.1, 0.15) is 12.0 Å². The number of carbonyl (C=O) groups excluding carboxylic acids is 1. The van der Waals surface area contributed by atoms with Gasteiger partial charge in [-0.1, -0.05) is 12.6 Å². The molecule has 0 radical (unpaired) electrons. The van der Waals surface area contributed by atoms with E-state index in [2.05, 4.69) is 11.9 Å². The van der Waals surface area contributed by atoms with Gasteiger partial charge in [0, 0.05) is 25.3 Å². The van der Waals surface area contributed by atoms with E-state index in [1.54, 1.807) is 11.0 Å². The molecule has 2 rings (SSSR count). The Kier molecular flexibility index (Phi) is 4.55. The van der Waals surface area contributed by atoms with Crippen molar-refractivity contribution in [2.45, 2.75) is 12.6 Å². The molecule has 1 fully saturated rings. The molecule has 21 heavy (non-hydrogen) atoms. The lowest BCUT2D eigenvalue weighted by Gasteiger charge is -2.16. The highest BCUT2D eigenvalue weighted by Gasteiger charge is 2.30. The molecule has 1 unspecified atom stereocenters. The van der Waals surface area contributed by atoms with Gasteiger partial charge in [-0.3, -0.25) is 4.79 Å². The van der Waals surface area contributed by atoms with E-state index in [0.717, 1.165) is 18.6 Å². The largest absolute Gasteiger partial charge is 0.416 e. The first kappa shape index (κ1) is 15.4. The number of nitrogens with zero attached hydrogens (tertiary/aromatic N) is 1. The van der Waals surface area contributed by atoms with Crippen LogP contribution in [-0.2, 0) is 11.0 Å². The normalized spacial score (nSPS) is 18.6. The Bertz CT molecular complexity index is 528. The third-order valence-corrected chi connectivity index (χ3v) is 3.56. The summed E-state index contributed by atoms with van der Waals surface area (Å²) in [6, 6.07) is 5.14. The second kappa shape index (κ2) is 6.20. The molecular weight excluding hydrogens is 281 g/mol. The number of carbonyl (C=O) groups is 1. The van der Waals surface area contributed by atoms with Crippen molar-refractivity contribution in [3.63, 3.8) is 0 Å². The van der Waals surface area contributed by atoms with Crippen molar-refractivity contribution in [1.82, 2.24) is 4.90 Å². The number of hydrogen-bond acceptors (Lipinski definition) is 2. The van der Waals surface area contributed by atoms with Crippen LogP contribution in [0.2, 0.25) is 0 Å². The van der Waals surface area contributed by atoms with Crippen LogP contribution in [0.3, 0.4) is 0 Å². The average Bonchev–Trinajstić information content (AvgIpc) is 2.92. The Morgan fingerprint density at radius 2 is 2.24 bits per heavy atom. The molecule has 1 aliphatic rings. The van der Waals surface area contributed by atoms with E-state index in [1.807, 2.05) is 0 Å². The summed E-state index contributed by atoms with van der Waals surface area (Å²) < 4.78 is 37.8. The third kappa shape index (κ3) is 4.00. The van der Waals surface area contributed by atoms with Crippen LogP contribution in [-0.4, -0.2) is 30.4 Å². The average molecular weight is 298 g/mol. The predicted octanol–water partition coefficient (Wildman–Crippen LogP) is 3.15. The Hall–Kier alpha value is -1.98. The quantitative estimate of drug-likeness (QED) is 0.866. The molecule has 0 aliphatic carbocycles. The highest BCUT2D eigenvalue weighted by atomic mass is 19.4. The summed E-state index contributed by atoms with van der Waals surface area (Å²) in [7, 11) is 0. The van der Waals surface area contributed by atoms with Crippen LogP contribution in [0.15, 0.2) is 36.9 Å². The molecule has 114 valence electrons. The van der Waals surface area contributed by atoms with Crippen molar-refractivity contribution < 1.29 is 18.0 Å². The summed E-state index contributed by atoms with van der Waals surface area (Å²) in [5.74, 6) is 0.139. The van der Waals surface area contributed by atoms with Crippen LogP contribution in [0.5, 0.6) is 0 Å². The number of halogens is 3. The first-order chi connectivity index (χ1) is 9.90. The maximum Gasteiger partial charge on any atom is 0.416 e. The van der Waals surface area contributed by atoms with Crippen molar-refractivity contribution >= 4 is 11.6 Å². The van der Waals surface area contributed by atoms with Crippen molar-refractivity contribution in [1.29, 1.82) is 0 Å². The van der Waals surface area contributed by atoms with Gasteiger partial charge in [0.2, 0.25) is 5.91 Å². The zero-order chi connectivity index (χ0) is 15.5. The van der Waals surface area contributed by atoms with Crippen molar-refractivity contribution in [2.24, 2.45) is 5.92 Å². The molecule has 6 heteroatoms. The van der Waals surface area contributed by atoms with Crippen LogP contribution in [0, 0.1) is 5.92 Å². The minimum Gasteiger partial charge on any atom is -0.385 e. The fourth-order valence-electron chi connectivity index (χ4n) is 2.40. The molecule has 1 saturated heterocycles. The minimum absolute atomic E-state index is 0.100. The van der Waals surface area contributed by atoms with Gasteiger partial charge in [0.05, 0.1) is 5.56 Å². The molecule has 0 bridgehead atoms. The van der Waals surface area contributed by atoms with Crippen molar-refractivity contribution in [3.8, 4) is 0 Å². The first-order valence-corrected chi connectivity index (χ1v) is 6.72. The van der Waals surface area contributed by atoms with Crippen LogP contribution < -0.4 is 5.32 Å². The fourth-order valence-corrected chi connectivity index (χ4v) is 2.40. The van der Waals surface area contributed by atoms with Crippen LogP contribution in [0.25, 0.3) is 0 Å². The highest BCUT2D eigenvalue weighted by molar-refractivity contribution is 5.87. The summed E-state index contributed by atoms with van der Waals surface area (Å²) in [5.41, 5.74) is -0.222. The van der Waals surface area contributed by atoms with E-state index in [-0.39, 0.29) is 11.8 Å².